The molecular formula is C28H34O7. The van der Waals surface area contributed by atoms with E-state index in [9.17, 15) is 9.59 Å². The Labute approximate surface area is 207 Å². The summed E-state index contributed by atoms with van der Waals surface area (Å²) in [5.41, 5.74) is 0.738. The van der Waals surface area contributed by atoms with Gasteiger partial charge >= 0.3 is 11.9 Å². The number of ether oxygens (including phenoxy) is 5. The fraction of sp³-hybridized carbons (Fsp3) is 0.429. The van der Waals surface area contributed by atoms with Crippen LogP contribution in [0.4, 0.5) is 0 Å². The monoisotopic (exact) mass is 482 g/mol. The minimum Gasteiger partial charge on any atom is -0.493 e. The second kappa shape index (κ2) is 13.5. The molecule has 0 atom stereocenters. The maximum atomic E-state index is 12.4. The summed E-state index contributed by atoms with van der Waals surface area (Å²) in [5.74, 6) is 2.09. The summed E-state index contributed by atoms with van der Waals surface area (Å²) >= 11 is 0. The lowest BCUT2D eigenvalue weighted by Gasteiger charge is -2.27. The molecule has 0 N–H and O–H groups in total. The average Bonchev–Trinajstić information content (AvgIpc) is 2.87. The Bertz CT molecular complexity index is 958. The lowest BCUT2D eigenvalue weighted by Crippen LogP contribution is -2.22. The molecule has 7 nitrogen and oxygen atoms in total. The molecule has 0 amide bonds. The SMILES string of the molecule is C=C(C)C(=O)OCCOc1ccc(C(=O)Oc2ccc(OCC3CCC(COC)CC3)cc2)cc1. The van der Waals surface area contributed by atoms with Crippen molar-refractivity contribution < 1.29 is 33.3 Å². The van der Waals surface area contributed by atoms with Crippen LogP contribution in [-0.4, -0.2) is 45.5 Å². The van der Waals surface area contributed by atoms with Crippen LogP contribution in [-0.2, 0) is 14.3 Å². The Hall–Kier alpha value is -3.32. The Morgan fingerprint density at radius 3 is 1.94 bits per heavy atom. The lowest BCUT2D eigenvalue weighted by atomic mass is 9.83. The zero-order valence-corrected chi connectivity index (χ0v) is 20.5. The van der Waals surface area contributed by atoms with Gasteiger partial charge in [0, 0.05) is 19.3 Å². The maximum Gasteiger partial charge on any atom is 0.343 e. The summed E-state index contributed by atoms with van der Waals surface area (Å²) in [6.45, 7) is 6.96. The summed E-state index contributed by atoms with van der Waals surface area (Å²) < 4.78 is 27.1. The van der Waals surface area contributed by atoms with Crippen molar-refractivity contribution in [2.45, 2.75) is 32.6 Å². The summed E-state index contributed by atoms with van der Waals surface area (Å²) in [6.07, 6.45) is 4.70. The van der Waals surface area contributed by atoms with Gasteiger partial charge in [-0.05, 0) is 93.0 Å². The van der Waals surface area contributed by atoms with E-state index in [-0.39, 0.29) is 13.2 Å². The van der Waals surface area contributed by atoms with Crippen molar-refractivity contribution in [3.05, 3.63) is 66.2 Å². The largest absolute Gasteiger partial charge is 0.493 e. The highest BCUT2D eigenvalue weighted by molar-refractivity contribution is 5.91. The quantitative estimate of drug-likeness (QED) is 0.177. The van der Waals surface area contributed by atoms with Gasteiger partial charge in [-0.25, -0.2) is 9.59 Å². The van der Waals surface area contributed by atoms with Crippen LogP contribution < -0.4 is 14.2 Å². The molecule has 0 aliphatic heterocycles. The van der Waals surface area contributed by atoms with Crippen molar-refractivity contribution in [1.82, 2.24) is 0 Å². The number of benzene rings is 2. The van der Waals surface area contributed by atoms with Crippen LogP contribution in [0.1, 0.15) is 43.0 Å². The Morgan fingerprint density at radius 1 is 0.800 bits per heavy atom. The van der Waals surface area contributed by atoms with Gasteiger partial charge in [-0.3, -0.25) is 0 Å². The Balaban J connectivity index is 1.39. The van der Waals surface area contributed by atoms with E-state index >= 15 is 0 Å². The molecule has 1 aliphatic carbocycles. The van der Waals surface area contributed by atoms with Crippen LogP contribution in [0.3, 0.4) is 0 Å². The third-order valence-corrected chi connectivity index (χ3v) is 5.91. The molecular weight excluding hydrogens is 448 g/mol. The minimum absolute atomic E-state index is 0.116. The molecule has 0 heterocycles. The number of hydrogen-bond acceptors (Lipinski definition) is 7. The zero-order valence-electron chi connectivity index (χ0n) is 20.5. The van der Waals surface area contributed by atoms with Gasteiger partial charge in [0.2, 0.25) is 0 Å². The predicted molar refractivity (Wildman–Crippen MR) is 132 cm³/mol. The summed E-state index contributed by atoms with van der Waals surface area (Å²) in [6, 6.07) is 13.7. The van der Waals surface area contributed by atoms with Gasteiger partial charge in [0.1, 0.15) is 30.5 Å². The highest BCUT2D eigenvalue weighted by Crippen LogP contribution is 2.29. The number of esters is 2. The third kappa shape index (κ3) is 8.76. The first-order chi connectivity index (χ1) is 16.9. The van der Waals surface area contributed by atoms with Crippen molar-refractivity contribution in [2.75, 3.05) is 33.5 Å². The molecule has 0 aromatic heterocycles. The van der Waals surface area contributed by atoms with Crippen molar-refractivity contribution in [2.24, 2.45) is 11.8 Å². The van der Waals surface area contributed by atoms with E-state index in [2.05, 4.69) is 6.58 Å². The molecule has 0 spiro atoms. The average molecular weight is 483 g/mol. The van der Waals surface area contributed by atoms with E-state index in [1.807, 2.05) is 12.1 Å². The fourth-order valence-electron chi connectivity index (χ4n) is 3.89. The minimum atomic E-state index is -0.464. The second-order valence-corrected chi connectivity index (χ2v) is 8.80. The van der Waals surface area contributed by atoms with E-state index < -0.39 is 11.9 Å². The second-order valence-electron chi connectivity index (χ2n) is 8.80. The van der Waals surface area contributed by atoms with Crippen molar-refractivity contribution >= 4 is 11.9 Å². The lowest BCUT2D eigenvalue weighted by molar-refractivity contribution is -0.139. The van der Waals surface area contributed by atoms with Crippen LogP contribution in [0.5, 0.6) is 17.2 Å². The number of hydrogen-bond donors (Lipinski definition) is 0. The molecule has 0 unspecified atom stereocenters. The standard InChI is InChI=1S/C28H34O7/c1-20(2)27(29)33-17-16-32-24-10-8-23(9-11-24)28(30)35-26-14-12-25(13-15-26)34-19-22-6-4-21(5-7-22)18-31-3/h8-15,21-22H,1,4-7,16-19H2,2-3H3. The maximum absolute atomic E-state index is 12.4. The van der Waals surface area contributed by atoms with Crippen molar-refractivity contribution in [3.8, 4) is 17.2 Å². The number of methoxy groups -OCH3 is 1. The molecule has 0 radical (unpaired) electrons. The van der Waals surface area contributed by atoms with E-state index in [1.54, 1.807) is 50.4 Å². The highest BCUT2D eigenvalue weighted by atomic mass is 16.6. The molecule has 188 valence electrons. The van der Waals surface area contributed by atoms with E-state index in [1.165, 1.54) is 12.8 Å². The van der Waals surface area contributed by atoms with Gasteiger partial charge in [0.05, 0.1) is 12.2 Å². The van der Waals surface area contributed by atoms with Gasteiger partial charge in [-0.1, -0.05) is 6.58 Å². The normalized spacial score (nSPS) is 17.3. The van der Waals surface area contributed by atoms with E-state index in [0.717, 1.165) is 25.2 Å². The molecule has 1 aliphatic rings. The summed E-state index contributed by atoms with van der Waals surface area (Å²) in [4.78, 5) is 23.8. The van der Waals surface area contributed by atoms with Crippen LogP contribution in [0.15, 0.2) is 60.7 Å². The molecule has 7 heteroatoms. The molecule has 0 bridgehead atoms. The summed E-state index contributed by atoms with van der Waals surface area (Å²) in [7, 11) is 1.76. The Kier molecular flexibility index (Phi) is 10.2. The first kappa shape index (κ1) is 26.3. The first-order valence-corrected chi connectivity index (χ1v) is 11.9. The number of carbonyl (C=O) groups excluding carboxylic acids is 2. The van der Waals surface area contributed by atoms with E-state index in [0.29, 0.717) is 41.1 Å². The zero-order chi connectivity index (χ0) is 25.0. The van der Waals surface area contributed by atoms with Gasteiger partial charge in [-0.15, -0.1) is 0 Å². The molecule has 1 saturated carbocycles. The Morgan fingerprint density at radius 2 is 1.34 bits per heavy atom. The van der Waals surface area contributed by atoms with Crippen LogP contribution in [0.2, 0.25) is 0 Å². The smallest absolute Gasteiger partial charge is 0.343 e. The summed E-state index contributed by atoms with van der Waals surface area (Å²) in [5, 5.41) is 0. The first-order valence-electron chi connectivity index (χ1n) is 11.9. The molecule has 2 aromatic carbocycles. The number of rotatable bonds is 12. The number of carbonyl (C=O) groups is 2. The fourth-order valence-corrected chi connectivity index (χ4v) is 3.89. The van der Waals surface area contributed by atoms with Crippen molar-refractivity contribution in [3.63, 3.8) is 0 Å². The molecule has 2 aromatic rings. The third-order valence-electron chi connectivity index (χ3n) is 5.91. The van der Waals surface area contributed by atoms with Crippen LogP contribution in [0, 0.1) is 11.8 Å². The predicted octanol–water partition coefficient (Wildman–Crippen LogP) is 5.24. The van der Waals surface area contributed by atoms with E-state index in [4.69, 9.17) is 23.7 Å². The van der Waals surface area contributed by atoms with Gasteiger partial charge in [0.15, 0.2) is 0 Å². The molecule has 3 rings (SSSR count). The van der Waals surface area contributed by atoms with Crippen LogP contribution in [0.25, 0.3) is 0 Å². The molecule has 35 heavy (non-hydrogen) atoms. The highest BCUT2D eigenvalue weighted by Gasteiger charge is 2.21. The van der Waals surface area contributed by atoms with Crippen molar-refractivity contribution in [1.29, 1.82) is 0 Å². The molecule has 1 fully saturated rings. The topological polar surface area (TPSA) is 80.3 Å². The van der Waals surface area contributed by atoms with Gasteiger partial charge in [0.25, 0.3) is 0 Å². The van der Waals surface area contributed by atoms with Gasteiger partial charge in [-0.2, -0.15) is 0 Å². The van der Waals surface area contributed by atoms with Crippen LogP contribution >= 0.6 is 0 Å². The molecule has 0 saturated heterocycles. The van der Waals surface area contributed by atoms with Gasteiger partial charge < -0.3 is 23.7 Å².